The zero-order chi connectivity index (χ0) is 24.5. The van der Waals surface area contributed by atoms with Gasteiger partial charge >= 0.3 is 0 Å². The van der Waals surface area contributed by atoms with Crippen molar-refractivity contribution < 1.29 is 14.3 Å². The fraction of sp³-hybridized carbons (Fsp3) is 0.333. The van der Waals surface area contributed by atoms with Crippen LogP contribution in [0.25, 0.3) is 21.8 Å². The van der Waals surface area contributed by atoms with Crippen molar-refractivity contribution >= 4 is 33.4 Å². The highest BCUT2D eigenvalue weighted by Crippen LogP contribution is 2.31. The first-order chi connectivity index (χ1) is 17.0. The van der Waals surface area contributed by atoms with Gasteiger partial charge in [-0.3, -0.25) is 9.59 Å². The predicted octanol–water partition coefficient (Wildman–Crippen LogP) is 3.11. The summed E-state index contributed by atoms with van der Waals surface area (Å²) in [7, 11) is 5.16. The summed E-state index contributed by atoms with van der Waals surface area (Å²) in [6, 6.07) is 15.8. The van der Waals surface area contributed by atoms with Crippen LogP contribution in [0.5, 0.6) is 5.75 Å². The van der Waals surface area contributed by atoms with Crippen molar-refractivity contribution in [3.63, 3.8) is 0 Å². The van der Waals surface area contributed by atoms with E-state index >= 15 is 0 Å². The average Bonchev–Trinajstić information content (AvgIpc) is 3.21. The van der Waals surface area contributed by atoms with Crippen LogP contribution >= 0.6 is 0 Å². The third-order valence-electron chi connectivity index (χ3n) is 6.88. The molecule has 182 valence electrons. The molecule has 0 spiro atoms. The molecule has 4 aromatic rings. The van der Waals surface area contributed by atoms with E-state index in [-0.39, 0.29) is 11.5 Å². The molecule has 1 aliphatic heterocycles. The second kappa shape index (κ2) is 9.46. The van der Waals surface area contributed by atoms with Gasteiger partial charge in [-0.1, -0.05) is 30.3 Å². The van der Waals surface area contributed by atoms with Crippen LogP contribution in [0.1, 0.15) is 10.4 Å². The summed E-state index contributed by atoms with van der Waals surface area (Å²) in [5.74, 6) is 0.771. The lowest BCUT2D eigenvalue weighted by Gasteiger charge is -2.36. The number of piperazine rings is 1. The molecule has 2 aromatic heterocycles. The van der Waals surface area contributed by atoms with Gasteiger partial charge in [0.2, 0.25) is 0 Å². The fourth-order valence-electron chi connectivity index (χ4n) is 5.06. The molecule has 35 heavy (non-hydrogen) atoms. The summed E-state index contributed by atoms with van der Waals surface area (Å²) in [5.41, 5.74) is 2.94. The van der Waals surface area contributed by atoms with E-state index in [1.807, 2.05) is 65.0 Å². The predicted molar refractivity (Wildman–Crippen MR) is 138 cm³/mol. The molecule has 2 aromatic carbocycles. The number of ether oxygens (including phenoxy) is 2. The van der Waals surface area contributed by atoms with Gasteiger partial charge < -0.3 is 28.4 Å². The number of aryl methyl sites for hydroxylation is 1. The lowest BCUT2D eigenvalue weighted by atomic mass is 10.1. The van der Waals surface area contributed by atoms with Crippen molar-refractivity contribution in [3.8, 4) is 5.75 Å². The van der Waals surface area contributed by atoms with Gasteiger partial charge in [0.1, 0.15) is 11.3 Å². The monoisotopic (exact) mass is 474 g/mol. The Bertz CT molecular complexity index is 1450. The number of hydrogen-bond donors (Lipinski definition) is 0. The quantitative estimate of drug-likeness (QED) is 0.430. The largest absolute Gasteiger partial charge is 0.495 e. The Morgan fingerprint density at radius 2 is 1.69 bits per heavy atom. The summed E-state index contributed by atoms with van der Waals surface area (Å²) in [5, 5.41) is 1.64. The number of nitrogens with zero attached hydrogens (tertiary/aromatic N) is 4. The van der Waals surface area contributed by atoms with Gasteiger partial charge in [0.05, 0.1) is 25.0 Å². The highest BCUT2D eigenvalue weighted by Gasteiger charge is 2.27. The lowest BCUT2D eigenvalue weighted by molar-refractivity contribution is 0.0747. The van der Waals surface area contributed by atoms with Crippen LogP contribution in [-0.2, 0) is 18.3 Å². The Labute approximate surface area is 203 Å². The van der Waals surface area contributed by atoms with Gasteiger partial charge in [-0.15, -0.1) is 0 Å². The first kappa shape index (κ1) is 23.0. The van der Waals surface area contributed by atoms with Crippen molar-refractivity contribution in [1.29, 1.82) is 0 Å². The molecule has 8 heteroatoms. The molecule has 0 radical (unpaired) electrons. The average molecular weight is 475 g/mol. The Morgan fingerprint density at radius 3 is 2.43 bits per heavy atom. The number of hydrogen-bond acceptors (Lipinski definition) is 5. The summed E-state index contributed by atoms with van der Waals surface area (Å²) in [4.78, 5) is 31.4. The Morgan fingerprint density at radius 1 is 0.971 bits per heavy atom. The molecule has 5 rings (SSSR count). The van der Waals surface area contributed by atoms with Crippen molar-refractivity contribution in [1.82, 2.24) is 14.0 Å². The number of pyridine rings is 1. The first-order valence-electron chi connectivity index (χ1n) is 11.8. The Hall–Kier alpha value is -3.78. The van der Waals surface area contributed by atoms with Crippen molar-refractivity contribution in [2.24, 2.45) is 7.05 Å². The number of para-hydroxylation sites is 3. The van der Waals surface area contributed by atoms with E-state index < -0.39 is 0 Å². The molecule has 1 fully saturated rings. The molecular formula is C27H30N4O4. The van der Waals surface area contributed by atoms with Crippen molar-refractivity contribution in [2.75, 3.05) is 51.9 Å². The minimum Gasteiger partial charge on any atom is -0.495 e. The maximum atomic E-state index is 13.9. The van der Waals surface area contributed by atoms with Crippen LogP contribution in [0.4, 0.5) is 5.69 Å². The number of aromatic nitrogens is 2. The molecule has 1 amide bonds. The molecule has 0 unspecified atom stereocenters. The molecule has 0 atom stereocenters. The van der Waals surface area contributed by atoms with E-state index in [4.69, 9.17) is 9.47 Å². The minimum absolute atomic E-state index is 0.0582. The third kappa shape index (κ3) is 3.93. The number of amides is 1. The fourth-order valence-corrected chi connectivity index (χ4v) is 5.06. The zero-order valence-corrected chi connectivity index (χ0v) is 20.4. The molecule has 0 aliphatic carbocycles. The summed E-state index contributed by atoms with van der Waals surface area (Å²) in [6.45, 7) is 3.35. The molecule has 1 saturated heterocycles. The van der Waals surface area contributed by atoms with E-state index in [0.29, 0.717) is 50.4 Å². The van der Waals surface area contributed by atoms with E-state index in [9.17, 15) is 9.59 Å². The lowest BCUT2D eigenvalue weighted by Crippen LogP contribution is -2.49. The standard InChI is InChI=1S/C27H30N4O4/c1-28-21-9-5-4-8-19(21)24-20(18-31(16-17-34-2)27(33)25(24)28)26(32)30-14-12-29(13-15-30)22-10-6-7-11-23(22)35-3/h4-11,18H,12-17H2,1-3H3. The second-order valence-electron chi connectivity index (χ2n) is 8.78. The van der Waals surface area contributed by atoms with Gasteiger partial charge in [-0.2, -0.15) is 0 Å². The van der Waals surface area contributed by atoms with E-state index in [2.05, 4.69) is 4.90 Å². The van der Waals surface area contributed by atoms with Gasteiger partial charge in [-0.25, -0.2) is 0 Å². The highest BCUT2D eigenvalue weighted by molar-refractivity contribution is 6.17. The number of benzene rings is 2. The summed E-state index contributed by atoms with van der Waals surface area (Å²) in [6.07, 6.45) is 1.71. The van der Waals surface area contributed by atoms with Crippen molar-refractivity contribution in [3.05, 3.63) is 70.6 Å². The molecule has 0 N–H and O–H groups in total. The van der Waals surface area contributed by atoms with Gasteiger partial charge in [-0.05, 0) is 18.2 Å². The number of carbonyl (C=O) groups excluding carboxylic acids is 1. The minimum atomic E-state index is -0.117. The topological polar surface area (TPSA) is 68.9 Å². The SMILES string of the molecule is COCCn1cc(C(=O)N2CCN(c3ccccc3OC)CC2)c2c3ccccc3n(C)c2c1=O. The van der Waals surface area contributed by atoms with Crippen molar-refractivity contribution in [2.45, 2.75) is 6.54 Å². The molecule has 1 aliphatic rings. The normalized spacial score (nSPS) is 14.1. The van der Waals surface area contributed by atoms with E-state index in [1.165, 1.54) is 0 Å². The number of anilines is 1. The van der Waals surface area contributed by atoms with Gasteiger partial charge in [0.25, 0.3) is 11.5 Å². The molecule has 8 nitrogen and oxygen atoms in total. The summed E-state index contributed by atoms with van der Waals surface area (Å²) < 4.78 is 14.2. The van der Waals surface area contributed by atoms with Crippen LogP contribution < -0.4 is 15.2 Å². The van der Waals surface area contributed by atoms with Crippen LogP contribution in [0.2, 0.25) is 0 Å². The van der Waals surface area contributed by atoms with E-state index in [1.54, 1.807) is 25.0 Å². The van der Waals surface area contributed by atoms with Crippen LogP contribution in [-0.4, -0.2) is 66.9 Å². The van der Waals surface area contributed by atoms with Gasteiger partial charge in [0.15, 0.2) is 0 Å². The number of fused-ring (bicyclic) bond motifs is 3. The van der Waals surface area contributed by atoms with Crippen LogP contribution in [0.15, 0.2) is 59.5 Å². The first-order valence-corrected chi connectivity index (χ1v) is 11.8. The molecule has 0 saturated carbocycles. The van der Waals surface area contributed by atoms with E-state index in [0.717, 1.165) is 27.7 Å². The highest BCUT2D eigenvalue weighted by atomic mass is 16.5. The second-order valence-corrected chi connectivity index (χ2v) is 8.78. The van der Waals surface area contributed by atoms with Gasteiger partial charge in [0, 0.05) is 69.4 Å². The molecule has 0 bridgehead atoms. The van der Waals surface area contributed by atoms with Crippen LogP contribution in [0.3, 0.4) is 0 Å². The maximum Gasteiger partial charge on any atom is 0.275 e. The van der Waals surface area contributed by atoms with Crippen LogP contribution in [0, 0.1) is 0 Å². The molecular weight excluding hydrogens is 444 g/mol. The maximum absolute atomic E-state index is 13.9. The number of carbonyl (C=O) groups is 1. The summed E-state index contributed by atoms with van der Waals surface area (Å²) >= 11 is 0. The number of rotatable bonds is 6. The molecule has 3 heterocycles. The Balaban J connectivity index is 1.53. The smallest absolute Gasteiger partial charge is 0.275 e. The Kier molecular flexibility index (Phi) is 6.21. The zero-order valence-electron chi connectivity index (χ0n) is 20.4. The third-order valence-corrected chi connectivity index (χ3v) is 6.88. The number of methoxy groups -OCH3 is 2.